The van der Waals surface area contributed by atoms with E-state index >= 15 is 0 Å². The van der Waals surface area contributed by atoms with E-state index in [1.54, 1.807) is 4.52 Å². The van der Waals surface area contributed by atoms with Crippen molar-refractivity contribution in [1.82, 2.24) is 9.61 Å². The molecule has 0 unspecified atom stereocenters. The quantitative estimate of drug-likeness (QED) is 0.842. The molecule has 96 valence electrons. The second-order valence-electron chi connectivity index (χ2n) is 5.25. The molecule has 2 heterocycles. The molecule has 0 aromatic carbocycles. The molecular formula is C13H17N3O2. The average molecular weight is 247 g/mol. The maximum absolute atomic E-state index is 11.5. The Bertz CT molecular complexity index is 596. The van der Waals surface area contributed by atoms with E-state index in [1.165, 1.54) is 4.90 Å². The molecule has 1 N–H and O–H groups in total. The Kier molecular flexibility index (Phi) is 2.77. The third-order valence-electron chi connectivity index (χ3n) is 2.77. The van der Waals surface area contributed by atoms with E-state index in [0.29, 0.717) is 11.4 Å². The van der Waals surface area contributed by atoms with Crippen LogP contribution in [0.1, 0.15) is 26.5 Å². The van der Waals surface area contributed by atoms with Crippen LogP contribution in [0.2, 0.25) is 0 Å². The van der Waals surface area contributed by atoms with Crippen molar-refractivity contribution in [1.29, 1.82) is 0 Å². The number of pyridine rings is 1. The highest BCUT2D eigenvalue weighted by atomic mass is 16.4. The minimum atomic E-state index is -0.968. The van der Waals surface area contributed by atoms with E-state index in [1.807, 2.05) is 52.1 Å². The lowest BCUT2D eigenvalue weighted by Crippen LogP contribution is -2.45. The molecule has 0 aliphatic heterocycles. The van der Waals surface area contributed by atoms with Crippen molar-refractivity contribution in [2.75, 3.05) is 4.90 Å². The number of aryl methyl sites for hydroxylation is 1. The van der Waals surface area contributed by atoms with E-state index in [2.05, 4.69) is 5.10 Å². The molecule has 0 spiro atoms. The molecule has 2 rings (SSSR count). The molecule has 0 radical (unpaired) electrons. The average Bonchev–Trinajstić information content (AvgIpc) is 2.54. The lowest BCUT2D eigenvalue weighted by Gasteiger charge is -2.32. The summed E-state index contributed by atoms with van der Waals surface area (Å²) in [6.07, 6.45) is 0.846. The summed E-state index contributed by atoms with van der Waals surface area (Å²) in [4.78, 5) is 12.9. The number of anilines is 1. The molecular weight excluding hydrogens is 230 g/mol. The van der Waals surface area contributed by atoms with Gasteiger partial charge in [-0.3, -0.25) is 4.90 Å². The number of carboxylic acid groups (broad SMARTS) is 1. The number of rotatable bonds is 1. The van der Waals surface area contributed by atoms with Crippen LogP contribution in [0.4, 0.5) is 10.5 Å². The number of amides is 1. The Morgan fingerprint density at radius 3 is 2.61 bits per heavy atom. The van der Waals surface area contributed by atoms with Crippen molar-refractivity contribution in [3.05, 3.63) is 30.1 Å². The van der Waals surface area contributed by atoms with Crippen LogP contribution >= 0.6 is 0 Å². The SMILES string of the molecule is Cc1nn2ccccc2c1N(C(=O)O)C(C)(C)C. The van der Waals surface area contributed by atoms with Gasteiger partial charge in [-0.25, -0.2) is 9.31 Å². The molecule has 2 aromatic heterocycles. The van der Waals surface area contributed by atoms with Gasteiger partial charge >= 0.3 is 6.09 Å². The van der Waals surface area contributed by atoms with Crippen LogP contribution in [0.5, 0.6) is 0 Å². The third kappa shape index (κ3) is 1.92. The fourth-order valence-corrected chi connectivity index (χ4v) is 2.10. The van der Waals surface area contributed by atoms with Crippen molar-refractivity contribution >= 4 is 17.3 Å². The summed E-state index contributed by atoms with van der Waals surface area (Å²) in [7, 11) is 0. The van der Waals surface area contributed by atoms with Crippen LogP contribution in [0.25, 0.3) is 5.52 Å². The zero-order valence-corrected chi connectivity index (χ0v) is 11.0. The van der Waals surface area contributed by atoms with Gasteiger partial charge in [0.1, 0.15) is 0 Å². The van der Waals surface area contributed by atoms with Crippen LogP contribution in [0, 0.1) is 6.92 Å². The van der Waals surface area contributed by atoms with Gasteiger partial charge in [0.2, 0.25) is 0 Å². The predicted octanol–water partition coefficient (Wildman–Crippen LogP) is 2.93. The van der Waals surface area contributed by atoms with Gasteiger partial charge in [0, 0.05) is 11.7 Å². The van der Waals surface area contributed by atoms with Gasteiger partial charge in [0.25, 0.3) is 0 Å². The molecule has 2 aromatic rings. The lowest BCUT2D eigenvalue weighted by molar-refractivity contribution is 0.195. The second kappa shape index (κ2) is 4.01. The Balaban J connectivity index is 2.72. The Labute approximate surface area is 106 Å². The number of aromatic nitrogens is 2. The third-order valence-corrected chi connectivity index (χ3v) is 2.77. The van der Waals surface area contributed by atoms with Gasteiger partial charge in [-0.05, 0) is 39.8 Å². The van der Waals surface area contributed by atoms with Crippen LogP contribution < -0.4 is 4.90 Å². The fourth-order valence-electron chi connectivity index (χ4n) is 2.10. The Hall–Kier alpha value is -2.04. The molecule has 0 saturated heterocycles. The van der Waals surface area contributed by atoms with Gasteiger partial charge in [0.05, 0.1) is 16.9 Å². The van der Waals surface area contributed by atoms with Crippen molar-refractivity contribution < 1.29 is 9.90 Å². The minimum Gasteiger partial charge on any atom is -0.465 e. The molecule has 0 aliphatic carbocycles. The maximum Gasteiger partial charge on any atom is 0.412 e. The van der Waals surface area contributed by atoms with Crippen molar-refractivity contribution in [2.45, 2.75) is 33.2 Å². The molecule has 0 bridgehead atoms. The van der Waals surface area contributed by atoms with Crippen molar-refractivity contribution in [2.24, 2.45) is 0 Å². The van der Waals surface area contributed by atoms with Gasteiger partial charge in [0.15, 0.2) is 0 Å². The molecule has 18 heavy (non-hydrogen) atoms. The predicted molar refractivity (Wildman–Crippen MR) is 70.2 cm³/mol. The highest BCUT2D eigenvalue weighted by Gasteiger charge is 2.31. The van der Waals surface area contributed by atoms with Crippen molar-refractivity contribution in [3.63, 3.8) is 0 Å². The van der Waals surface area contributed by atoms with E-state index in [0.717, 1.165) is 5.52 Å². The fraction of sp³-hybridized carbons (Fsp3) is 0.385. The largest absolute Gasteiger partial charge is 0.465 e. The molecule has 0 fully saturated rings. The summed E-state index contributed by atoms with van der Waals surface area (Å²) in [6, 6.07) is 5.62. The molecule has 0 saturated carbocycles. The molecule has 5 nitrogen and oxygen atoms in total. The number of fused-ring (bicyclic) bond motifs is 1. The highest BCUT2D eigenvalue weighted by Crippen LogP contribution is 2.31. The van der Waals surface area contributed by atoms with Gasteiger partial charge in [-0.1, -0.05) is 6.07 Å². The first-order chi connectivity index (χ1) is 8.32. The maximum atomic E-state index is 11.5. The van der Waals surface area contributed by atoms with Crippen LogP contribution in [-0.2, 0) is 0 Å². The monoisotopic (exact) mass is 247 g/mol. The first-order valence-electron chi connectivity index (χ1n) is 5.79. The first kappa shape index (κ1) is 12.4. The Morgan fingerprint density at radius 2 is 2.06 bits per heavy atom. The number of carbonyl (C=O) groups is 1. The topological polar surface area (TPSA) is 57.8 Å². The zero-order valence-electron chi connectivity index (χ0n) is 11.0. The Morgan fingerprint density at radius 1 is 1.39 bits per heavy atom. The summed E-state index contributed by atoms with van der Waals surface area (Å²) < 4.78 is 1.70. The lowest BCUT2D eigenvalue weighted by atomic mass is 10.1. The van der Waals surface area contributed by atoms with Crippen LogP contribution in [0.15, 0.2) is 24.4 Å². The minimum absolute atomic E-state index is 0.518. The molecule has 0 aliphatic rings. The summed E-state index contributed by atoms with van der Waals surface area (Å²) in [5.74, 6) is 0. The summed E-state index contributed by atoms with van der Waals surface area (Å²) in [6.45, 7) is 7.43. The van der Waals surface area contributed by atoms with Gasteiger partial charge in [-0.2, -0.15) is 5.10 Å². The van der Waals surface area contributed by atoms with Crippen molar-refractivity contribution in [3.8, 4) is 0 Å². The van der Waals surface area contributed by atoms with E-state index < -0.39 is 11.6 Å². The van der Waals surface area contributed by atoms with E-state index in [9.17, 15) is 9.90 Å². The number of hydrogen-bond acceptors (Lipinski definition) is 2. The van der Waals surface area contributed by atoms with E-state index in [4.69, 9.17) is 0 Å². The van der Waals surface area contributed by atoms with E-state index in [-0.39, 0.29) is 0 Å². The smallest absolute Gasteiger partial charge is 0.412 e. The van der Waals surface area contributed by atoms with Crippen LogP contribution in [-0.4, -0.2) is 26.4 Å². The second-order valence-corrected chi connectivity index (χ2v) is 5.25. The zero-order chi connectivity index (χ0) is 13.5. The van der Waals surface area contributed by atoms with Crippen LogP contribution in [0.3, 0.4) is 0 Å². The number of nitrogens with zero attached hydrogens (tertiary/aromatic N) is 3. The van der Waals surface area contributed by atoms with Gasteiger partial charge < -0.3 is 5.11 Å². The molecule has 1 amide bonds. The highest BCUT2D eigenvalue weighted by molar-refractivity contribution is 5.94. The molecule has 0 atom stereocenters. The number of hydrogen-bond donors (Lipinski definition) is 1. The molecule has 5 heteroatoms. The first-order valence-corrected chi connectivity index (χ1v) is 5.79. The standard InChI is InChI=1S/C13H17N3O2/c1-9-11(16(12(17)18)13(2,3)4)10-7-5-6-8-15(10)14-9/h5-8H,1-4H3,(H,17,18). The van der Waals surface area contributed by atoms with Gasteiger partial charge in [-0.15, -0.1) is 0 Å². The summed E-state index contributed by atoms with van der Waals surface area (Å²) >= 11 is 0. The summed E-state index contributed by atoms with van der Waals surface area (Å²) in [5, 5.41) is 13.8. The summed E-state index contributed by atoms with van der Waals surface area (Å²) in [5.41, 5.74) is 1.64. The normalized spacial score (nSPS) is 11.8.